The van der Waals surface area contributed by atoms with Gasteiger partial charge in [0.15, 0.2) is 0 Å². The molecule has 0 radical (unpaired) electrons. The number of rotatable bonds is 1. The maximum atomic E-state index is 2.49. The third-order valence-corrected chi connectivity index (χ3v) is 2.93. The van der Waals surface area contributed by atoms with Gasteiger partial charge in [-0.15, -0.1) is 0 Å². The van der Waals surface area contributed by atoms with Crippen LogP contribution in [0.5, 0.6) is 0 Å². The van der Waals surface area contributed by atoms with Crippen molar-refractivity contribution in [2.24, 2.45) is 5.41 Å². The van der Waals surface area contributed by atoms with E-state index in [0.29, 0.717) is 5.41 Å². The Labute approximate surface area is 64.4 Å². The molecule has 1 fully saturated rings. The van der Waals surface area contributed by atoms with Gasteiger partial charge >= 0.3 is 0 Å². The van der Waals surface area contributed by atoms with E-state index in [2.05, 4.69) is 32.7 Å². The second-order valence-electron chi connectivity index (χ2n) is 4.14. The molecule has 1 atom stereocenters. The molecule has 0 amide bonds. The Morgan fingerprint density at radius 2 is 2.10 bits per heavy atom. The Morgan fingerprint density at radius 1 is 1.50 bits per heavy atom. The van der Waals surface area contributed by atoms with Gasteiger partial charge in [-0.05, 0) is 31.8 Å². The zero-order chi connectivity index (χ0) is 7.78. The average Bonchev–Trinajstić information content (AvgIpc) is 2.07. The monoisotopic (exact) mass is 141 g/mol. The zero-order valence-corrected chi connectivity index (χ0v) is 7.65. The van der Waals surface area contributed by atoms with E-state index in [0.717, 1.165) is 6.04 Å². The number of nitrogens with zero attached hydrogens (tertiary/aromatic N) is 1. The fourth-order valence-corrected chi connectivity index (χ4v) is 2.25. The highest BCUT2D eigenvalue weighted by molar-refractivity contribution is 4.90. The summed E-state index contributed by atoms with van der Waals surface area (Å²) in [5, 5.41) is 0. The second-order valence-corrected chi connectivity index (χ2v) is 4.14. The number of hydrogen-bond donors (Lipinski definition) is 0. The highest BCUT2D eigenvalue weighted by atomic mass is 15.2. The van der Waals surface area contributed by atoms with Crippen LogP contribution in [0.2, 0.25) is 0 Å². The average molecular weight is 141 g/mol. The van der Waals surface area contributed by atoms with Crippen LogP contribution in [-0.2, 0) is 0 Å². The van der Waals surface area contributed by atoms with Crippen molar-refractivity contribution in [1.29, 1.82) is 0 Å². The highest BCUT2D eigenvalue weighted by Gasteiger charge is 2.36. The molecule has 1 heteroatoms. The topological polar surface area (TPSA) is 3.24 Å². The second kappa shape index (κ2) is 2.54. The van der Waals surface area contributed by atoms with Crippen molar-refractivity contribution >= 4 is 0 Å². The molecule has 1 nitrogen and oxygen atoms in total. The molecule has 1 aliphatic heterocycles. The lowest BCUT2D eigenvalue weighted by molar-refractivity contribution is 0.206. The molecule has 0 spiro atoms. The summed E-state index contributed by atoms with van der Waals surface area (Å²) in [4.78, 5) is 2.49. The molecule has 0 aromatic rings. The predicted molar refractivity (Wildman–Crippen MR) is 45.1 cm³/mol. The summed E-state index contributed by atoms with van der Waals surface area (Å²) in [7, 11) is 2.24. The summed E-state index contributed by atoms with van der Waals surface area (Å²) >= 11 is 0. The van der Waals surface area contributed by atoms with Crippen molar-refractivity contribution in [2.75, 3.05) is 13.6 Å². The molecule has 1 rings (SSSR count). The summed E-state index contributed by atoms with van der Waals surface area (Å²) in [5.41, 5.74) is 0.559. The molecule has 60 valence electrons. The molecule has 0 bridgehead atoms. The first-order valence-electron chi connectivity index (χ1n) is 4.28. The molecule has 0 saturated carbocycles. The van der Waals surface area contributed by atoms with Crippen molar-refractivity contribution < 1.29 is 0 Å². The van der Waals surface area contributed by atoms with E-state index in [-0.39, 0.29) is 0 Å². The summed E-state index contributed by atoms with van der Waals surface area (Å²) in [6.45, 7) is 8.33. The zero-order valence-electron chi connectivity index (χ0n) is 7.65. The molecule has 0 aromatic carbocycles. The Morgan fingerprint density at radius 3 is 2.30 bits per heavy atom. The molecular formula is C9H19N. The Bertz CT molecular complexity index is 118. The lowest BCUT2D eigenvalue weighted by Crippen LogP contribution is -2.33. The van der Waals surface area contributed by atoms with Crippen LogP contribution in [0.25, 0.3) is 0 Å². The fourth-order valence-electron chi connectivity index (χ4n) is 2.25. The van der Waals surface area contributed by atoms with E-state index in [1.54, 1.807) is 0 Å². The van der Waals surface area contributed by atoms with Crippen molar-refractivity contribution in [1.82, 2.24) is 4.90 Å². The first-order valence-corrected chi connectivity index (χ1v) is 4.28. The van der Waals surface area contributed by atoms with Crippen LogP contribution in [-0.4, -0.2) is 24.5 Å². The first-order chi connectivity index (χ1) is 4.58. The van der Waals surface area contributed by atoms with Gasteiger partial charge < -0.3 is 4.90 Å². The van der Waals surface area contributed by atoms with Gasteiger partial charge in [-0.25, -0.2) is 0 Å². The number of likely N-dealkylation sites (tertiary alicyclic amines) is 1. The molecule has 0 N–H and O–H groups in total. The van der Waals surface area contributed by atoms with Crippen LogP contribution in [0, 0.1) is 5.41 Å². The Hall–Kier alpha value is -0.0400. The van der Waals surface area contributed by atoms with E-state index in [9.17, 15) is 0 Å². The summed E-state index contributed by atoms with van der Waals surface area (Å²) < 4.78 is 0. The standard InChI is InChI=1S/C9H19N/c1-5-8-9(2,3)6-7-10(8)4/h8H,5-7H2,1-4H3. The first kappa shape index (κ1) is 8.06. The van der Waals surface area contributed by atoms with Gasteiger partial charge in [0.25, 0.3) is 0 Å². The third kappa shape index (κ3) is 1.20. The summed E-state index contributed by atoms with van der Waals surface area (Å²) in [5.74, 6) is 0. The molecule has 10 heavy (non-hydrogen) atoms. The van der Waals surface area contributed by atoms with E-state index in [4.69, 9.17) is 0 Å². The minimum Gasteiger partial charge on any atom is -0.303 e. The van der Waals surface area contributed by atoms with Gasteiger partial charge in [0.2, 0.25) is 0 Å². The maximum Gasteiger partial charge on any atom is 0.0141 e. The fraction of sp³-hybridized carbons (Fsp3) is 1.00. The Balaban J connectivity index is 2.63. The molecular weight excluding hydrogens is 122 g/mol. The highest BCUT2D eigenvalue weighted by Crippen LogP contribution is 2.36. The van der Waals surface area contributed by atoms with Crippen LogP contribution in [0.3, 0.4) is 0 Å². The quantitative estimate of drug-likeness (QED) is 0.540. The van der Waals surface area contributed by atoms with Crippen molar-refractivity contribution in [3.8, 4) is 0 Å². The predicted octanol–water partition coefficient (Wildman–Crippen LogP) is 2.13. The lowest BCUT2D eigenvalue weighted by Gasteiger charge is -2.29. The van der Waals surface area contributed by atoms with Gasteiger partial charge in [-0.1, -0.05) is 20.8 Å². The normalized spacial score (nSPS) is 33.0. The summed E-state index contributed by atoms with van der Waals surface area (Å²) in [6.07, 6.45) is 2.66. The molecule has 1 unspecified atom stereocenters. The largest absolute Gasteiger partial charge is 0.303 e. The smallest absolute Gasteiger partial charge is 0.0141 e. The SMILES string of the molecule is CCC1N(C)CCC1(C)C. The van der Waals surface area contributed by atoms with Crippen molar-refractivity contribution in [2.45, 2.75) is 39.7 Å². The van der Waals surface area contributed by atoms with Gasteiger partial charge in [0, 0.05) is 6.04 Å². The minimum atomic E-state index is 0.559. The molecule has 1 saturated heterocycles. The Kier molecular flexibility index (Phi) is 2.04. The van der Waals surface area contributed by atoms with Gasteiger partial charge in [-0.2, -0.15) is 0 Å². The molecule has 1 aliphatic rings. The van der Waals surface area contributed by atoms with Crippen LogP contribution in [0.15, 0.2) is 0 Å². The van der Waals surface area contributed by atoms with E-state index < -0.39 is 0 Å². The lowest BCUT2D eigenvalue weighted by atomic mass is 9.83. The summed E-state index contributed by atoms with van der Waals surface area (Å²) in [6, 6.07) is 0.812. The third-order valence-electron chi connectivity index (χ3n) is 2.93. The van der Waals surface area contributed by atoms with Crippen LogP contribution in [0.4, 0.5) is 0 Å². The van der Waals surface area contributed by atoms with Gasteiger partial charge in [0.05, 0.1) is 0 Å². The van der Waals surface area contributed by atoms with Crippen molar-refractivity contribution in [3.63, 3.8) is 0 Å². The van der Waals surface area contributed by atoms with Gasteiger partial charge in [-0.3, -0.25) is 0 Å². The van der Waals surface area contributed by atoms with Gasteiger partial charge in [0.1, 0.15) is 0 Å². The van der Waals surface area contributed by atoms with E-state index in [1.165, 1.54) is 19.4 Å². The van der Waals surface area contributed by atoms with Crippen LogP contribution >= 0.6 is 0 Å². The van der Waals surface area contributed by atoms with Crippen LogP contribution in [0.1, 0.15) is 33.6 Å². The minimum absolute atomic E-state index is 0.559. The molecule has 1 heterocycles. The van der Waals surface area contributed by atoms with E-state index in [1.807, 2.05) is 0 Å². The number of hydrogen-bond acceptors (Lipinski definition) is 1. The van der Waals surface area contributed by atoms with E-state index >= 15 is 0 Å². The van der Waals surface area contributed by atoms with Crippen LogP contribution < -0.4 is 0 Å². The molecule has 0 aliphatic carbocycles. The molecule has 0 aromatic heterocycles. The maximum absolute atomic E-state index is 2.49. The van der Waals surface area contributed by atoms with Crippen molar-refractivity contribution in [3.05, 3.63) is 0 Å².